The van der Waals surface area contributed by atoms with Gasteiger partial charge in [-0.05, 0) is 25.8 Å². The number of aliphatic carboxylic acids is 1. The van der Waals surface area contributed by atoms with E-state index in [1.54, 1.807) is 0 Å². The highest BCUT2D eigenvalue weighted by molar-refractivity contribution is 5.84. The lowest BCUT2D eigenvalue weighted by atomic mass is 10.1. The molecule has 0 heterocycles. The zero-order valence-corrected chi connectivity index (χ0v) is 11.1. The van der Waals surface area contributed by atoms with Crippen LogP contribution in [0.1, 0.15) is 24.5 Å². The van der Waals surface area contributed by atoms with Crippen LogP contribution in [0.5, 0.6) is 0 Å². The smallest absolute Gasteiger partial charge is 0.328 e. The maximum Gasteiger partial charge on any atom is 0.328 e. The van der Waals surface area contributed by atoms with Gasteiger partial charge < -0.3 is 15.5 Å². The molecule has 5 heteroatoms. The SMILES string of the molecule is Cc1ccc(CCC(=O)NC(C(=O)O)C(C)O)cc1. The molecule has 0 aromatic heterocycles. The van der Waals surface area contributed by atoms with Crippen LogP contribution >= 0.6 is 0 Å². The number of hydrogen-bond donors (Lipinski definition) is 3. The normalized spacial score (nSPS) is 13.6. The lowest BCUT2D eigenvalue weighted by Gasteiger charge is -2.16. The summed E-state index contributed by atoms with van der Waals surface area (Å²) in [5.41, 5.74) is 2.16. The third kappa shape index (κ3) is 5.09. The zero-order valence-electron chi connectivity index (χ0n) is 11.1. The van der Waals surface area contributed by atoms with Crippen molar-refractivity contribution in [3.05, 3.63) is 35.4 Å². The molecular weight excluding hydrogens is 246 g/mol. The second-order valence-corrected chi connectivity index (χ2v) is 4.61. The van der Waals surface area contributed by atoms with Crippen LogP contribution in [0.4, 0.5) is 0 Å². The van der Waals surface area contributed by atoms with Gasteiger partial charge in [-0.25, -0.2) is 4.79 Å². The lowest BCUT2D eigenvalue weighted by molar-refractivity contribution is -0.144. The number of aryl methyl sites for hydroxylation is 2. The van der Waals surface area contributed by atoms with Crippen LogP contribution in [0.2, 0.25) is 0 Å². The summed E-state index contributed by atoms with van der Waals surface area (Å²) in [6.07, 6.45) is -0.390. The number of amides is 1. The number of rotatable bonds is 6. The monoisotopic (exact) mass is 265 g/mol. The second kappa shape index (κ2) is 6.89. The number of carboxylic acids is 1. The Labute approximate surface area is 112 Å². The van der Waals surface area contributed by atoms with E-state index in [1.165, 1.54) is 6.92 Å². The average Bonchev–Trinajstić information content (AvgIpc) is 2.34. The largest absolute Gasteiger partial charge is 0.480 e. The standard InChI is InChI=1S/C14H19NO4/c1-9-3-5-11(6-4-9)7-8-12(17)15-13(10(2)16)14(18)19/h3-6,10,13,16H,7-8H2,1-2H3,(H,15,17)(H,18,19). The van der Waals surface area contributed by atoms with Crippen molar-refractivity contribution in [2.24, 2.45) is 0 Å². The minimum absolute atomic E-state index is 0.194. The van der Waals surface area contributed by atoms with Crippen LogP contribution in [0.15, 0.2) is 24.3 Å². The Bertz CT molecular complexity index is 439. The van der Waals surface area contributed by atoms with Crippen LogP contribution in [-0.4, -0.2) is 34.2 Å². The van der Waals surface area contributed by atoms with Crippen molar-refractivity contribution in [1.29, 1.82) is 0 Å². The predicted molar refractivity (Wildman–Crippen MR) is 70.7 cm³/mol. The molecule has 104 valence electrons. The third-order valence-corrected chi connectivity index (χ3v) is 2.83. The van der Waals surface area contributed by atoms with Gasteiger partial charge in [-0.1, -0.05) is 29.8 Å². The Morgan fingerprint density at radius 2 is 1.84 bits per heavy atom. The first-order valence-corrected chi connectivity index (χ1v) is 6.16. The molecule has 3 N–H and O–H groups in total. The summed E-state index contributed by atoms with van der Waals surface area (Å²) < 4.78 is 0. The van der Waals surface area contributed by atoms with E-state index in [2.05, 4.69) is 5.32 Å². The lowest BCUT2D eigenvalue weighted by Crippen LogP contribution is -2.47. The summed E-state index contributed by atoms with van der Waals surface area (Å²) in [4.78, 5) is 22.4. The first kappa shape index (κ1) is 15.2. The van der Waals surface area contributed by atoms with E-state index in [0.29, 0.717) is 6.42 Å². The summed E-state index contributed by atoms with van der Waals surface area (Å²) in [6.45, 7) is 3.32. The third-order valence-electron chi connectivity index (χ3n) is 2.83. The van der Waals surface area contributed by atoms with Crippen molar-refractivity contribution in [3.63, 3.8) is 0 Å². The van der Waals surface area contributed by atoms with Gasteiger partial charge in [0.2, 0.25) is 5.91 Å². The molecule has 0 aliphatic heterocycles. The minimum atomic E-state index is -1.26. The molecule has 1 aromatic rings. The highest BCUT2D eigenvalue weighted by Gasteiger charge is 2.24. The maximum absolute atomic E-state index is 11.6. The van der Waals surface area contributed by atoms with Gasteiger partial charge in [-0.2, -0.15) is 0 Å². The number of carbonyl (C=O) groups is 2. The van der Waals surface area contributed by atoms with Gasteiger partial charge in [0.25, 0.3) is 0 Å². The molecule has 0 saturated heterocycles. The van der Waals surface area contributed by atoms with Gasteiger partial charge in [-0.15, -0.1) is 0 Å². The molecule has 1 amide bonds. The summed E-state index contributed by atoms with van der Waals surface area (Å²) in [6, 6.07) is 6.54. The molecule has 5 nitrogen and oxygen atoms in total. The molecule has 0 aliphatic carbocycles. The van der Waals surface area contributed by atoms with Gasteiger partial charge in [0.15, 0.2) is 6.04 Å². The molecule has 0 spiro atoms. The Morgan fingerprint density at radius 3 is 2.32 bits per heavy atom. The van der Waals surface area contributed by atoms with Crippen LogP contribution in [0.3, 0.4) is 0 Å². The van der Waals surface area contributed by atoms with Crippen LogP contribution in [0, 0.1) is 6.92 Å². The first-order valence-electron chi connectivity index (χ1n) is 6.16. The van der Waals surface area contributed by atoms with E-state index in [4.69, 9.17) is 5.11 Å². The number of carboxylic acid groups (broad SMARTS) is 1. The summed E-state index contributed by atoms with van der Waals surface area (Å²) in [7, 11) is 0. The summed E-state index contributed by atoms with van der Waals surface area (Å²) >= 11 is 0. The van der Waals surface area contributed by atoms with Crippen molar-refractivity contribution < 1.29 is 19.8 Å². The van der Waals surface area contributed by atoms with E-state index in [0.717, 1.165) is 11.1 Å². The Morgan fingerprint density at radius 1 is 1.26 bits per heavy atom. The molecule has 1 aromatic carbocycles. The number of hydrogen-bond acceptors (Lipinski definition) is 3. The Kier molecular flexibility index (Phi) is 5.51. The molecule has 2 unspecified atom stereocenters. The molecule has 0 bridgehead atoms. The first-order chi connectivity index (χ1) is 8.90. The van der Waals surface area contributed by atoms with Crippen molar-refractivity contribution in [2.45, 2.75) is 38.8 Å². The molecule has 0 aliphatic rings. The Balaban J connectivity index is 2.47. The number of benzene rings is 1. The van der Waals surface area contributed by atoms with Crippen LogP contribution in [0.25, 0.3) is 0 Å². The maximum atomic E-state index is 11.6. The van der Waals surface area contributed by atoms with Crippen molar-refractivity contribution >= 4 is 11.9 Å². The number of carbonyl (C=O) groups excluding carboxylic acids is 1. The minimum Gasteiger partial charge on any atom is -0.480 e. The number of nitrogens with one attached hydrogen (secondary N) is 1. The number of aliphatic hydroxyl groups excluding tert-OH is 1. The fourth-order valence-corrected chi connectivity index (χ4v) is 1.65. The van der Waals surface area contributed by atoms with E-state index in [1.807, 2.05) is 31.2 Å². The van der Waals surface area contributed by atoms with Gasteiger partial charge >= 0.3 is 5.97 Å². The molecule has 19 heavy (non-hydrogen) atoms. The topological polar surface area (TPSA) is 86.6 Å². The van der Waals surface area contributed by atoms with Crippen molar-refractivity contribution in [2.75, 3.05) is 0 Å². The summed E-state index contributed by atoms with van der Waals surface area (Å²) in [5, 5.41) is 20.4. The van der Waals surface area contributed by atoms with Crippen LogP contribution in [-0.2, 0) is 16.0 Å². The quantitative estimate of drug-likeness (QED) is 0.712. The van der Waals surface area contributed by atoms with E-state index >= 15 is 0 Å². The number of aliphatic hydroxyl groups is 1. The van der Waals surface area contributed by atoms with Gasteiger partial charge in [0, 0.05) is 6.42 Å². The molecule has 0 saturated carbocycles. The van der Waals surface area contributed by atoms with Gasteiger partial charge in [0.1, 0.15) is 0 Å². The zero-order chi connectivity index (χ0) is 14.4. The molecule has 0 fully saturated rings. The van der Waals surface area contributed by atoms with E-state index in [-0.39, 0.29) is 12.3 Å². The molecule has 1 rings (SSSR count). The highest BCUT2D eigenvalue weighted by atomic mass is 16.4. The second-order valence-electron chi connectivity index (χ2n) is 4.61. The molecule has 2 atom stereocenters. The fourth-order valence-electron chi connectivity index (χ4n) is 1.65. The van der Waals surface area contributed by atoms with Crippen LogP contribution < -0.4 is 5.32 Å². The molecule has 0 radical (unpaired) electrons. The summed E-state index contributed by atoms with van der Waals surface area (Å²) in [5.74, 6) is -1.62. The van der Waals surface area contributed by atoms with E-state index < -0.39 is 18.1 Å². The Hall–Kier alpha value is -1.88. The van der Waals surface area contributed by atoms with Gasteiger partial charge in [0.05, 0.1) is 6.10 Å². The van der Waals surface area contributed by atoms with E-state index in [9.17, 15) is 14.7 Å². The fraction of sp³-hybridized carbons (Fsp3) is 0.429. The highest BCUT2D eigenvalue weighted by Crippen LogP contribution is 2.06. The molecular formula is C14H19NO4. The van der Waals surface area contributed by atoms with Crippen molar-refractivity contribution in [3.8, 4) is 0 Å². The predicted octanol–water partition coefficient (Wildman–Crippen LogP) is 0.878. The van der Waals surface area contributed by atoms with Crippen molar-refractivity contribution in [1.82, 2.24) is 5.32 Å². The average molecular weight is 265 g/mol. The van der Waals surface area contributed by atoms with Gasteiger partial charge in [-0.3, -0.25) is 4.79 Å².